The highest BCUT2D eigenvalue weighted by Crippen LogP contribution is 2.28. The molecule has 0 spiro atoms. The summed E-state index contributed by atoms with van der Waals surface area (Å²) in [6.45, 7) is 3.11. The molecule has 0 amide bonds. The zero-order valence-corrected chi connectivity index (χ0v) is 12.5. The smallest absolute Gasteiger partial charge is 0.129 e. The second-order valence-corrected chi connectivity index (χ2v) is 6.20. The maximum absolute atomic E-state index is 6.16. The van der Waals surface area contributed by atoms with Crippen LogP contribution in [-0.4, -0.2) is 23.0 Å². The van der Waals surface area contributed by atoms with Gasteiger partial charge in [-0.25, -0.2) is 4.98 Å². The number of aromatic nitrogens is 1. The van der Waals surface area contributed by atoms with Crippen molar-refractivity contribution in [2.24, 2.45) is 5.92 Å². The van der Waals surface area contributed by atoms with Crippen LogP contribution in [0.2, 0.25) is 10.2 Å². The number of rotatable bonds is 3. The van der Waals surface area contributed by atoms with Crippen molar-refractivity contribution < 1.29 is 0 Å². The summed E-state index contributed by atoms with van der Waals surface area (Å²) < 4.78 is 0. The molecule has 2 atom stereocenters. The molecule has 1 aliphatic rings. The van der Waals surface area contributed by atoms with Gasteiger partial charge in [-0.2, -0.15) is 0 Å². The van der Waals surface area contributed by atoms with Gasteiger partial charge in [-0.3, -0.25) is 4.90 Å². The van der Waals surface area contributed by atoms with Crippen LogP contribution in [0, 0.1) is 5.92 Å². The summed E-state index contributed by atoms with van der Waals surface area (Å²) in [4.78, 5) is 6.68. The van der Waals surface area contributed by atoms with Gasteiger partial charge in [0.15, 0.2) is 0 Å². The molecule has 1 aromatic rings. The van der Waals surface area contributed by atoms with Crippen LogP contribution in [0.5, 0.6) is 0 Å². The Bertz CT molecular complexity index is 409. The van der Waals surface area contributed by atoms with Crippen molar-refractivity contribution in [3.05, 3.63) is 28.0 Å². The molecule has 0 saturated heterocycles. The minimum atomic E-state index is 0.514. The van der Waals surface area contributed by atoms with Crippen molar-refractivity contribution in [1.29, 1.82) is 0 Å². The van der Waals surface area contributed by atoms with E-state index in [1.54, 1.807) is 6.07 Å². The number of hydrogen-bond acceptors (Lipinski definition) is 2. The lowest BCUT2D eigenvalue weighted by Crippen LogP contribution is -2.35. The second-order valence-electron chi connectivity index (χ2n) is 5.40. The topological polar surface area (TPSA) is 16.1 Å². The van der Waals surface area contributed by atoms with E-state index in [1.165, 1.54) is 25.7 Å². The van der Waals surface area contributed by atoms with Crippen molar-refractivity contribution >= 4 is 23.2 Å². The maximum atomic E-state index is 6.16. The molecule has 2 rings (SSSR count). The fourth-order valence-electron chi connectivity index (χ4n) is 2.74. The van der Waals surface area contributed by atoms with E-state index in [0.29, 0.717) is 16.2 Å². The fraction of sp³-hybridized carbons (Fsp3) is 0.643. The van der Waals surface area contributed by atoms with E-state index in [1.807, 2.05) is 6.07 Å². The Morgan fingerprint density at radius 2 is 2.11 bits per heavy atom. The Morgan fingerprint density at radius 3 is 2.83 bits per heavy atom. The molecule has 0 bridgehead atoms. The van der Waals surface area contributed by atoms with Crippen molar-refractivity contribution in [1.82, 2.24) is 9.88 Å². The Hall–Kier alpha value is -0.310. The van der Waals surface area contributed by atoms with E-state index in [0.717, 1.165) is 18.2 Å². The predicted molar refractivity (Wildman–Crippen MR) is 77.1 cm³/mol. The molecule has 2 unspecified atom stereocenters. The van der Waals surface area contributed by atoms with Crippen LogP contribution in [0.15, 0.2) is 12.1 Å². The molecule has 100 valence electrons. The Kier molecular flexibility index (Phi) is 4.88. The van der Waals surface area contributed by atoms with Crippen LogP contribution < -0.4 is 0 Å². The van der Waals surface area contributed by atoms with Crippen LogP contribution in [0.3, 0.4) is 0 Å². The lowest BCUT2D eigenvalue weighted by molar-refractivity contribution is 0.156. The number of pyridine rings is 1. The zero-order chi connectivity index (χ0) is 13.1. The standard InChI is InChI=1S/C14H20Cl2N2/c1-10-4-3-5-11(8-10)18(2)9-13-12(15)6-7-14(16)17-13/h6-7,10-11H,3-5,8-9H2,1-2H3. The zero-order valence-electron chi connectivity index (χ0n) is 11.0. The van der Waals surface area contributed by atoms with Crippen molar-refractivity contribution in [3.63, 3.8) is 0 Å². The van der Waals surface area contributed by atoms with Gasteiger partial charge in [-0.1, -0.05) is 43.0 Å². The lowest BCUT2D eigenvalue weighted by Gasteiger charge is -2.34. The summed E-state index contributed by atoms with van der Waals surface area (Å²) in [5.41, 5.74) is 0.880. The molecule has 0 N–H and O–H groups in total. The highest BCUT2D eigenvalue weighted by molar-refractivity contribution is 6.32. The molecule has 2 nitrogen and oxygen atoms in total. The lowest BCUT2D eigenvalue weighted by atomic mass is 9.86. The molecular weight excluding hydrogens is 267 g/mol. The number of nitrogens with zero attached hydrogens (tertiary/aromatic N) is 2. The minimum absolute atomic E-state index is 0.514. The molecule has 1 saturated carbocycles. The minimum Gasteiger partial charge on any atom is -0.298 e. The number of halogens is 2. The Morgan fingerprint density at radius 1 is 1.33 bits per heavy atom. The average Bonchev–Trinajstić information content (AvgIpc) is 2.34. The summed E-state index contributed by atoms with van der Waals surface area (Å²) in [6.07, 6.45) is 5.24. The Labute approximate surface area is 119 Å². The molecular formula is C14H20Cl2N2. The molecule has 4 heteroatoms. The van der Waals surface area contributed by atoms with E-state index in [2.05, 4.69) is 23.9 Å². The van der Waals surface area contributed by atoms with Gasteiger partial charge in [0.05, 0.1) is 10.7 Å². The van der Waals surface area contributed by atoms with Crippen molar-refractivity contribution in [3.8, 4) is 0 Å². The molecule has 1 aliphatic carbocycles. The second kappa shape index (κ2) is 6.23. The molecule has 0 aromatic carbocycles. The first-order valence-corrected chi connectivity index (χ1v) is 7.33. The van der Waals surface area contributed by atoms with Gasteiger partial charge in [0, 0.05) is 12.6 Å². The first-order valence-electron chi connectivity index (χ1n) is 6.57. The summed E-state index contributed by atoms with van der Waals surface area (Å²) in [5, 5.41) is 1.22. The summed E-state index contributed by atoms with van der Waals surface area (Å²) in [6, 6.07) is 4.20. The first kappa shape index (κ1) is 14.1. The third-order valence-electron chi connectivity index (χ3n) is 3.82. The van der Waals surface area contributed by atoms with Gasteiger partial charge in [0.2, 0.25) is 0 Å². The van der Waals surface area contributed by atoms with E-state index in [-0.39, 0.29) is 0 Å². The van der Waals surface area contributed by atoms with Crippen LogP contribution in [0.1, 0.15) is 38.3 Å². The summed E-state index contributed by atoms with van der Waals surface area (Å²) >= 11 is 12.1. The SMILES string of the molecule is CC1CCCC(N(C)Cc2nc(Cl)ccc2Cl)C1. The van der Waals surface area contributed by atoms with Gasteiger partial charge in [0.25, 0.3) is 0 Å². The van der Waals surface area contributed by atoms with Crippen LogP contribution in [0.4, 0.5) is 0 Å². The van der Waals surface area contributed by atoms with Gasteiger partial charge < -0.3 is 0 Å². The van der Waals surface area contributed by atoms with Crippen molar-refractivity contribution in [2.75, 3.05) is 7.05 Å². The molecule has 0 radical (unpaired) electrons. The normalized spacial score (nSPS) is 24.5. The maximum Gasteiger partial charge on any atom is 0.129 e. The summed E-state index contributed by atoms with van der Waals surface area (Å²) in [7, 11) is 2.15. The Balaban J connectivity index is 2.01. The third-order valence-corrected chi connectivity index (χ3v) is 4.37. The van der Waals surface area contributed by atoms with Crippen molar-refractivity contribution in [2.45, 2.75) is 45.2 Å². The van der Waals surface area contributed by atoms with Gasteiger partial charge >= 0.3 is 0 Å². The van der Waals surface area contributed by atoms with Crippen LogP contribution in [-0.2, 0) is 6.54 Å². The van der Waals surface area contributed by atoms with E-state index in [9.17, 15) is 0 Å². The number of hydrogen-bond donors (Lipinski definition) is 0. The van der Waals surface area contributed by atoms with Crippen LogP contribution in [0.25, 0.3) is 0 Å². The van der Waals surface area contributed by atoms with Gasteiger partial charge in [-0.05, 0) is 37.9 Å². The molecule has 0 aliphatic heterocycles. The largest absolute Gasteiger partial charge is 0.298 e. The van der Waals surface area contributed by atoms with E-state index >= 15 is 0 Å². The third kappa shape index (κ3) is 3.59. The molecule has 18 heavy (non-hydrogen) atoms. The molecule has 1 heterocycles. The predicted octanol–water partition coefficient (Wildman–Crippen LogP) is 4.40. The van der Waals surface area contributed by atoms with E-state index < -0.39 is 0 Å². The van der Waals surface area contributed by atoms with Crippen LogP contribution >= 0.6 is 23.2 Å². The average molecular weight is 287 g/mol. The quantitative estimate of drug-likeness (QED) is 0.766. The summed E-state index contributed by atoms with van der Waals surface area (Å²) in [5.74, 6) is 0.828. The highest BCUT2D eigenvalue weighted by atomic mass is 35.5. The molecule has 1 fully saturated rings. The van der Waals surface area contributed by atoms with Gasteiger partial charge in [-0.15, -0.1) is 0 Å². The highest BCUT2D eigenvalue weighted by Gasteiger charge is 2.23. The van der Waals surface area contributed by atoms with E-state index in [4.69, 9.17) is 23.2 Å². The van der Waals surface area contributed by atoms with Gasteiger partial charge in [0.1, 0.15) is 5.15 Å². The fourth-order valence-corrected chi connectivity index (χ4v) is 3.07. The molecule has 1 aromatic heterocycles. The monoisotopic (exact) mass is 286 g/mol. The first-order chi connectivity index (χ1) is 8.56.